The molecule has 1 saturated carbocycles. The molecule has 1 aliphatic carbocycles. The summed E-state index contributed by atoms with van der Waals surface area (Å²) >= 11 is 6.29. The fourth-order valence-electron chi connectivity index (χ4n) is 4.95. The van der Waals surface area contributed by atoms with Gasteiger partial charge in [0.25, 0.3) is 0 Å². The predicted molar refractivity (Wildman–Crippen MR) is 139 cm³/mol. The Morgan fingerprint density at radius 1 is 1.07 bits per heavy atom. The average Bonchev–Trinajstić information content (AvgIpc) is 3.71. The Kier molecular flexibility index (Phi) is 8.76. The molecule has 0 aromatic heterocycles. The molecule has 2 aromatic carbocycles. The zero-order valence-electron chi connectivity index (χ0n) is 21.5. The number of alkyl halides is 6. The van der Waals surface area contributed by atoms with E-state index in [1.807, 2.05) is 0 Å². The normalized spacial score (nSPS) is 19.0. The molecule has 7 nitrogen and oxygen atoms in total. The monoisotopic (exact) mass is 604 g/mol. The minimum absolute atomic E-state index is 0.0245. The number of carbonyl (C=O) groups excluding carboxylic acids is 3. The number of fused-ring (bicyclic) bond motifs is 1. The van der Waals surface area contributed by atoms with Gasteiger partial charge in [-0.1, -0.05) is 36.6 Å². The van der Waals surface area contributed by atoms with Gasteiger partial charge in [-0.05, 0) is 49.1 Å². The van der Waals surface area contributed by atoms with E-state index in [0.717, 1.165) is 25.0 Å². The third-order valence-corrected chi connectivity index (χ3v) is 7.54. The predicted octanol–water partition coefficient (Wildman–Crippen LogP) is 5.79. The quantitative estimate of drug-likeness (QED) is 0.315. The van der Waals surface area contributed by atoms with Crippen LogP contribution in [0.2, 0.25) is 5.02 Å². The van der Waals surface area contributed by atoms with Gasteiger partial charge in [0.05, 0.1) is 28.5 Å². The highest BCUT2D eigenvalue weighted by atomic mass is 35.5. The number of para-hydroxylation sites is 1. The Hall–Kier alpha value is -3.48. The van der Waals surface area contributed by atoms with E-state index in [1.165, 1.54) is 35.2 Å². The van der Waals surface area contributed by atoms with Gasteiger partial charge in [-0.3, -0.25) is 14.4 Å². The largest absolute Gasteiger partial charge is 0.416 e. The first kappa shape index (κ1) is 30.5. The Labute approximate surface area is 236 Å². The second kappa shape index (κ2) is 11.8. The minimum Gasteiger partial charge on any atom is -0.369 e. The molecule has 1 heterocycles. The molecule has 3 amide bonds. The van der Waals surface area contributed by atoms with Crippen LogP contribution < -0.4 is 21.3 Å². The molecule has 0 saturated heterocycles. The summed E-state index contributed by atoms with van der Waals surface area (Å²) in [6, 6.07) is 7.34. The third-order valence-electron chi connectivity index (χ3n) is 7.22. The first-order chi connectivity index (χ1) is 19.1. The zero-order valence-corrected chi connectivity index (χ0v) is 22.2. The molecule has 14 heteroatoms. The maximum absolute atomic E-state index is 13.5. The lowest BCUT2D eigenvalue weighted by Crippen LogP contribution is -2.52. The molecule has 41 heavy (non-hydrogen) atoms. The average molecular weight is 605 g/mol. The number of hydrogen-bond acceptors (Lipinski definition) is 4. The van der Waals surface area contributed by atoms with Crippen LogP contribution in [0.25, 0.3) is 0 Å². The summed E-state index contributed by atoms with van der Waals surface area (Å²) in [6.45, 7) is -0.387. The van der Waals surface area contributed by atoms with Crippen LogP contribution in [0.5, 0.6) is 0 Å². The Bertz CT molecular complexity index is 1310. The number of nitrogens with two attached hydrogens (primary N) is 1. The SMILES string of the molecule is NC(=O)C(CC1CC1)C(CCC(F)(F)F)C(=O)NC1CN(c2cccc(C(F)(F)F)c2)c2cccc(Cl)c2NC1=O. The van der Waals surface area contributed by atoms with E-state index in [4.69, 9.17) is 17.3 Å². The maximum Gasteiger partial charge on any atom is 0.416 e. The molecule has 0 bridgehead atoms. The highest BCUT2D eigenvalue weighted by Crippen LogP contribution is 2.42. The van der Waals surface area contributed by atoms with Gasteiger partial charge in [0.15, 0.2) is 0 Å². The van der Waals surface area contributed by atoms with Crippen molar-refractivity contribution >= 4 is 46.4 Å². The van der Waals surface area contributed by atoms with Gasteiger partial charge >= 0.3 is 12.4 Å². The molecule has 2 aliphatic rings. The van der Waals surface area contributed by atoms with Gasteiger partial charge < -0.3 is 21.3 Å². The molecular formula is C27H27ClF6N4O3. The molecule has 2 aromatic rings. The molecule has 4 N–H and O–H groups in total. The van der Waals surface area contributed by atoms with Crippen molar-refractivity contribution in [1.82, 2.24) is 5.32 Å². The van der Waals surface area contributed by atoms with Crippen molar-refractivity contribution < 1.29 is 40.7 Å². The van der Waals surface area contributed by atoms with Crippen LogP contribution in [0.1, 0.15) is 37.7 Å². The van der Waals surface area contributed by atoms with Gasteiger partial charge in [0.2, 0.25) is 17.7 Å². The van der Waals surface area contributed by atoms with Crippen LogP contribution in [-0.2, 0) is 20.6 Å². The lowest BCUT2D eigenvalue weighted by atomic mass is 9.83. The number of carbonyl (C=O) groups is 3. The molecule has 3 unspecified atom stereocenters. The van der Waals surface area contributed by atoms with Crippen molar-refractivity contribution in [3.8, 4) is 0 Å². The molecule has 3 atom stereocenters. The van der Waals surface area contributed by atoms with Crippen LogP contribution in [-0.4, -0.2) is 36.5 Å². The standard InChI is InChI=1S/C27H27ClF6N4O3/c28-19-5-2-6-21-22(19)37-25(41)20(13-38(21)16-4-1-3-15(12-16)27(32,33)34)36-24(40)17(9-10-26(29,30)31)18(23(35)39)11-14-7-8-14/h1-6,12,14,17-18,20H,7-11,13H2,(H2,35,39)(H,36,40)(H,37,41). The summed E-state index contributed by atoms with van der Waals surface area (Å²) in [6.07, 6.45) is -9.71. The molecule has 0 spiro atoms. The number of anilines is 3. The van der Waals surface area contributed by atoms with E-state index in [-0.39, 0.29) is 41.0 Å². The number of halogens is 7. The molecule has 1 aliphatic heterocycles. The topological polar surface area (TPSA) is 105 Å². The second-order valence-corrected chi connectivity index (χ2v) is 10.7. The number of nitrogens with zero attached hydrogens (tertiary/aromatic N) is 1. The lowest BCUT2D eigenvalue weighted by Gasteiger charge is -2.30. The number of benzene rings is 2. The number of hydrogen-bond donors (Lipinski definition) is 3. The van der Waals surface area contributed by atoms with E-state index in [0.29, 0.717) is 0 Å². The molecule has 0 radical (unpaired) electrons. The molecule has 1 fully saturated rings. The summed E-state index contributed by atoms with van der Waals surface area (Å²) in [7, 11) is 0. The summed E-state index contributed by atoms with van der Waals surface area (Å²) in [5.41, 5.74) is 4.88. The van der Waals surface area contributed by atoms with Crippen molar-refractivity contribution in [2.45, 2.75) is 50.5 Å². The number of nitrogens with one attached hydrogen (secondary N) is 2. The highest BCUT2D eigenvalue weighted by Gasteiger charge is 2.41. The lowest BCUT2D eigenvalue weighted by molar-refractivity contribution is -0.146. The van der Waals surface area contributed by atoms with E-state index >= 15 is 0 Å². The van der Waals surface area contributed by atoms with Crippen molar-refractivity contribution in [1.29, 1.82) is 0 Å². The Morgan fingerprint density at radius 3 is 2.37 bits per heavy atom. The van der Waals surface area contributed by atoms with E-state index in [1.54, 1.807) is 0 Å². The van der Waals surface area contributed by atoms with Crippen LogP contribution in [0, 0.1) is 17.8 Å². The van der Waals surface area contributed by atoms with Gasteiger partial charge in [-0.25, -0.2) is 0 Å². The Morgan fingerprint density at radius 2 is 1.76 bits per heavy atom. The van der Waals surface area contributed by atoms with Crippen molar-refractivity contribution in [3.05, 3.63) is 53.1 Å². The van der Waals surface area contributed by atoms with E-state index < -0.39 is 66.4 Å². The van der Waals surface area contributed by atoms with Gasteiger partial charge in [-0.2, -0.15) is 26.3 Å². The molecule has 4 rings (SSSR count). The first-order valence-electron chi connectivity index (χ1n) is 12.8. The number of amides is 3. The smallest absolute Gasteiger partial charge is 0.369 e. The number of rotatable bonds is 9. The van der Waals surface area contributed by atoms with Crippen LogP contribution in [0.15, 0.2) is 42.5 Å². The molecular weight excluding hydrogens is 578 g/mol. The molecule has 222 valence electrons. The minimum atomic E-state index is -4.67. The van der Waals surface area contributed by atoms with Crippen molar-refractivity contribution in [2.75, 3.05) is 16.8 Å². The second-order valence-electron chi connectivity index (χ2n) is 10.3. The summed E-state index contributed by atoms with van der Waals surface area (Å²) in [5.74, 6) is -5.31. The van der Waals surface area contributed by atoms with Gasteiger partial charge in [0, 0.05) is 23.9 Å². The van der Waals surface area contributed by atoms with Crippen molar-refractivity contribution in [3.63, 3.8) is 0 Å². The summed E-state index contributed by atoms with van der Waals surface area (Å²) in [5, 5.41) is 5.07. The van der Waals surface area contributed by atoms with Gasteiger partial charge in [-0.15, -0.1) is 0 Å². The van der Waals surface area contributed by atoms with Crippen LogP contribution in [0.3, 0.4) is 0 Å². The summed E-state index contributed by atoms with van der Waals surface area (Å²) < 4.78 is 79.8. The fraction of sp³-hybridized carbons (Fsp3) is 0.444. The first-order valence-corrected chi connectivity index (χ1v) is 13.2. The fourth-order valence-corrected chi connectivity index (χ4v) is 5.16. The van der Waals surface area contributed by atoms with Crippen LogP contribution in [0.4, 0.5) is 43.4 Å². The Balaban J connectivity index is 1.67. The van der Waals surface area contributed by atoms with E-state index in [2.05, 4.69) is 10.6 Å². The van der Waals surface area contributed by atoms with E-state index in [9.17, 15) is 40.7 Å². The van der Waals surface area contributed by atoms with Gasteiger partial charge in [0.1, 0.15) is 6.04 Å². The third kappa shape index (κ3) is 7.63. The highest BCUT2D eigenvalue weighted by molar-refractivity contribution is 6.34. The van der Waals surface area contributed by atoms with Crippen LogP contribution >= 0.6 is 11.6 Å². The number of primary amides is 1. The van der Waals surface area contributed by atoms with Crippen molar-refractivity contribution in [2.24, 2.45) is 23.5 Å². The maximum atomic E-state index is 13.5. The summed E-state index contributed by atoms with van der Waals surface area (Å²) in [4.78, 5) is 40.3. The zero-order chi connectivity index (χ0) is 30.1.